The van der Waals surface area contributed by atoms with Crippen LogP contribution in [0.25, 0.3) is 0 Å². The molecule has 1 spiro atoms. The van der Waals surface area contributed by atoms with E-state index in [9.17, 15) is 4.39 Å². The van der Waals surface area contributed by atoms with Gasteiger partial charge in [0.25, 0.3) is 0 Å². The van der Waals surface area contributed by atoms with Gasteiger partial charge < -0.3 is 15.4 Å². The second-order valence-electron chi connectivity index (χ2n) is 5.62. The van der Waals surface area contributed by atoms with Crippen LogP contribution in [0.15, 0.2) is 18.2 Å². The summed E-state index contributed by atoms with van der Waals surface area (Å²) in [6.45, 7) is 1.97. The molecule has 0 bridgehead atoms. The lowest BCUT2D eigenvalue weighted by atomic mass is 9.82. The zero-order valence-corrected chi connectivity index (χ0v) is 10.7. The number of nitrogens with two attached hydrogens (primary N) is 1. The summed E-state index contributed by atoms with van der Waals surface area (Å²) in [6, 6.07) is 4.60. The molecule has 0 saturated carbocycles. The molecule has 2 atom stereocenters. The molecule has 4 heteroatoms. The van der Waals surface area contributed by atoms with Crippen LogP contribution in [0.1, 0.15) is 30.9 Å². The zero-order chi connectivity index (χ0) is 12.8. The second kappa shape index (κ2) is 4.21. The van der Waals surface area contributed by atoms with Gasteiger partial charge in [-0.15, -0.1) is 0 Å². The quantitative estimate of drug-likeness (QED) is 0.766. The minimum Gasteiger partial charge on any atom is -0.485 e. The Balaban J connectivity index is 1.94. The van der Waals surface area contributed by atoms with Gasteiger partial charge in [0.15, 0.2) is 0 Å². The van der Waals surface area contributed by atoms with Gasteiger partial charge in [-0.3, -0.25) is 0 Å². The van der Waals surface area contributed by atoms with Crippen molar-refractivity contribution in [3.05, 3.63) is 29.6 Å². The SMILES string of the molecule is CN1CCCC2(C[C@@H](N)c3ccc(F)cc3O2)C1. The summed E-state index contributed by atoms with van der Waals surface area (Å²) in [5.74, 6) is 0.367. The van der Waals surface area contributed by atoms with Crippen molar-refractivity contribution in [1.82, 2.24) is 4.90 Å². The predicted octanol–water partition coefficient (Wildman–Crippen LogP) is 2.07. The Morgan fingerprint density at radius 1 is 1.50 bits per heavy atom. The third-order valence-electron chi connectivity index (χ3n) is 4.02. The highest BCUT2D eigenvalue weighted by Crippen LogP contribution is 2.42. The Labute approximate surface area is 107 Å². The molecule has 3 rings (SSSR count). The lowest BCUT2D eigenvalue weighted by Crippen LogP contribution is -2.53. The van der Waals surface area contributed by atoms with E-state index < -0.39 is 0 Å². The summed E-state index contributed by atoms with van der Waals surface area (Å²) >= 11 is 0. The first-order valence-corrected chi connectivity index (χ1v) is 6.51. The number of halogens is 1. The Morgan fingerprint density at radius 3 is 3.11 bits per heavy atom. The normalized spacial score (nSPS) is 32.1. The van der Waals surface area contributed by atoms with Crippen molar-refractivity contribution in [2.75, 3.05) is 20.1 Å². The predicted molar refractivity (Wildman–Crippen MR) is 68.0 cm³/mol. The molecular weight excluding hydrogens is 231 g/mol. The maximum atomic E-state index is 13.3. The molecule has 2 aliphatic rings. The highest BCUT2D eigenvalue weighted by Gasteiger charge is 2.42. The summed E-state index contributed by atoms with van der Waals surface area (Å²) in [5.41, 5.74) is 6.92. The van der Waals surface area contributed by atoms with E-state index in [0.29, 0.717) is 5.75 Å². The van der Waals surface area contributed by atoms with Crippen LogP contribution >= 0.6 is 0 Å². The number of likely N-dealkylation sites (N-methyl/N-ethyl adjacent to an activating group) is 1. The first-order valence-electron chi connectivity index (χ1n) is 6.51. The largest absolute Gasteiger partial charge is 0.485 e. The fourth-order valence-electron chi connectivity index (χ4n) is 3.26. The number of nitrogens with zero attached hydrogens (tertiary/aromatic N) is 1. The van der Waals surface area contributed by atoms with Crippen molar-refractivity contribution >= 4 is 0 Å². The number of ether oxygens (including phenoxy) is 1. The standard InChI is InChI=1S/C14H19FN2O/c1-17-6-2-5-14(9-17)8-12(16)11-4-3-10(15)7-13(11)18-14/h3-4,7,12H,2,5-6,8-9,16H2,1H3/t12-,14?/m1/s1. The van der Waals surface area contributed by atoms with E-state index in [1.54, 1.807) is 6.07 Å². The van der Waals surface area contributed by atoms with Crippen molar-refractivity contribution in [2.45, 2.75) is 30.9 Å². The minimum absolute atomic E-state index is 0.0548. The number of hydrogen-bond acceptors (Lipinski definition) is 3. The Hall–Kier alpha value is -1.13. The number of hydrogen-bond donors (Lipinski definition) is 1. The van der Waals surface area contributed by atoms with E-state index in [1.807, 2.05) is 0 Å². The Morgan fingerprint density at radius 2 is 2.33 bits per heavy atom. The molecule has 0 aliphatic carbocycles. The van der Waals surface area contributed by atoms with E-state index in [-0.39, 0.29) is 17.5 Å². The smallest absolute Gasteiger partial charge is 0.127 e. The summed E-state index contributed by atoms with van der Waals surface area (Å²) in [6.07, 6.45) is 2.92. The van der Waals surface area contributed by atoms with Crippen molar-refractivity contribution in [1.29, 1.82) is 0 Å². The van der Waals surface area contributed by atoms with E-state index in [2.05, 4.69) is 11.9 Å². The van der Waals surface area contributed by atoms with Crippen LogP contribution in [-0.4, -0.2) is 30.6 Å². The van der Waals surface area contributed by atoms with Crippen LogP contribution in [-0.2, 0) is 0 Å². The van der Waals surface area contributed by atoms with E-state index in [1.165, 1.54) is 12.1 Å². The Bertz CT molecular complexity index is 465. The van der Waals surface area contributed by atoms with E-state index in [4.69, 9.17) is 10.5 Å². The molecule has 1 aromatic rings. The van der Waals surface area contributed by atoms with Crippen molar-refractivity contribution < 1.29 is 9.13 Å². The number of benzene rings is 1. The van der Waals surface area contributed by atoms with Gasteiger partial charge in [-0.05, 0) is 32.5 Å². The highest BCUT2D eigenvalue weighted by molar-refractivity contribution is 5.39. The topological polar surface area (TPSA) is 38.5 Å². The number of fused-ring (bicyclic) bond motifs is 1. The van der Waals surface area contributed by atoms with Gasteiger partial charge in [0.1, 0.15) is 17.2 Å². The van der Waals surface area contributed by atoms with E-state index in [0.717, 1.165) is 37.9 Å². The van der Waals surface area contributed by atoms with Gasteiger partial charge >= 0.3 is 0 Å². The molecule has 2 aliphatic heterocycles. The average molecular weight is 250 g/mol. The lowest BCUT2D eigenvalue weighted by molar-refractivity contribution is -0.0236. The molecule has 1 saturated heterocycles. The molecule has 98 valence electrons. The fraction of sp³-hybridized carbons (Fsp3) is 0.571. The van der Waals surface area contributed by atoms with Crippen LogP contribution in [0.3, 0.4) is 0 Å². The lowest BCUT2D eigenvalue weighted by Gasteiger charge is -2.46. The minimum atomic E-state index is -0.262. The van der Waals surface area contributed by atoms with Gasteiger partial charge in [-0.1, -0.05) is 6.07 Å². The molecule has 3 nitrogen and oxygen atoms in total. The summed E-state index contributed by atoms with van der Waals surface area (Å²) in [5, 5.41) is 0. The maximum absolute atomic E-state index is 13.3. The molecule has 1 aromatic carbocycles. The third-order valence-corrected chi connectivity index (χ3v) is 4.02. The first-order chi connectivity index (χ1) is 8.58. The van der Waals surface area contributed by atoms with Gasteiger partial charge in [-0.25, -0.2) is 4.39 Å². The van der Waals surface area contributed by atoms with Gasteiger partial charge in [0.2, 0.25) is 0 Å². The van der Waals surface area contributed by atoms with Crippen LogP contribution < -0.4 is 10.5 Å². The monoisotopic (exact) mass is 250 g/mol. The van der Waals surface area contributed by atoms with Gasteiger partial charge in [0, 0.05) is 30.6 Å². The summed E-state index contributed by atoms with van der Waals surface area (Å²) < 4.78 is 19.4. The van der Waals surface area contributed by atoms with Crippen molar-refractivity contribution in [3.8, 4) is 5.75 Å². The summed E-state index contributed by atoms with van der Waals surface area (Å²) in [4.78, 5) is 2.26. The van der Waals surface area contributed by atoms with Crippen molar-refractivity contribution in [2.24, 2.45) is 5.73 Å². The number of likely N-dealkylation sites (tertiary alicyclic amines) is 1. The molecule has 1 unspecified atom stereocenters. The van der Waals surface area contributed by atoms with Gasteiger partial charge in [-0.2, -0.15) is 0 Å². The van der Waals surface area contributed by atoms with Crippen molar-refractivity contribution in [3.63, 3.8) is 0 Å². The highest BCUT2D eigenvalue weighted by atomic mass is 19.1. The second-order valence-corrected chi connectivity index (χ2v) is 5.62. The van der Waals surface area contributed by atoms with E-state index >= 15 is 0 Å². The molecule has 0 aromatic heterocycles. The van der Waals surface area contributed by atoms with Crippen LogP contribution in [0, 0.1) is 5.82 Å². The molecule has 2 N–H and O–H groups in total. The van der Waals surface area contributed by atoms with Crippen LogP contribution in [0.2, 0.25) is 0 Å². The maximum Gasteiger partial charge on any atom is 0.127 e. The fourth-order valence-corrected chi connectivity index (χ4v) is 3.26. The molecule has 0 radical (unpaired) electrons. The third kappa shape index (κ3) is 1.99. The van der Waals surface area contributed by atoms with Crippen LogP contribution in [0.4, 0.5) is 4.39 Å². The van der Waals surface area contributed by atoms with Gasteiger partial charge in [0.05, 0.1) is 0 Å². The number of rotatable bonds is 0. The molecule has 2 heterocycles. The summed E-state index contributed by atoms with van der Waals surface area (Å²) in [7, 11) is 2.09. The molecular formula is C14H19FN2O. The molecule has 0 amide bonds. The number of piperidine rings is 1. The molecule has 1 fully saturated rings. The average Bonchev–Trinajstić information content (AvgIpc) is 2.27. The Kier molecular flexibility index (Phi) is 2.79. The molecule has 18 heavy (non-hydrogen) atoms. The van der Waals surface area contributed by atoms with Crippen LogP contribution in [0.5, 0.6) is 5.75 Å². The zero-order valence-electron chi connectivity index (χ0n) is 10.7. The first kappa shape index (κ1) is 11.9.